The van der Waals surface area contributed by atoms with Crippen LogP contribution in [0.4, 0.5) is 8.78 Å². The van der Waals surface area contributed by atoms with Crippen molar-refractivity contribution >= 4 is 5.91 Å². The zero-order valence-corrected chi connectivity index (χ0v) is 22.6. The lowest BCUT2D eigenvalue weighted by atomic mass is 9.74. The van der Waals surface area contributed by atoms with Crippen molar-refractivity contribution in [3.05, 3.63) is 70.8 Å². The standard InChI is InChI=1S/C30H42F2N2O3/c1-5-37-20-28(36)34-26(16-21-14-24(31)18-25(32)15-21)27(35)19-33-30(12-7-6-8-13-30)23-11-9-10-22(17-23)29(2,3)4/h9-11,14-15,17-18,26-27,33,35H,5-8,12-13,16,19-20H2,1-4H3,(H,34,36). The Bertz CT molecular complexity index is 1010. The third kappa shape index (κ3) is 8.32. The molecule has 0 aliphatic heterocycles. The number of ether oxygens (including phenoxy) is 1. The summed E-state index contributed by atoms with van der Waals surface area (Å²) in [5, 5.41) is 17.7. The minimum Gasteiger partial charge on any atom is -0.390 e. The first kappa shape index (κ1) is 29.2. The highest BCUT2D eigenvalue weighted by Crippen LogP contribution is 2.38. The molecule has 5 nitrogen and oxygen atoms in total. The maximum absolute atomic E-state index is 13.8. The second kappa shape index (κ2) is 12.9. The van der Waals surface area contributed by atoms with E-state index in [4.69, 9.17) is 4.74 Å². The minimum atomic E-state index is -0.985. The van der Waals surface area contributed by atoms with Gasteiger partial charge in [0.1, 0.15) is 18.2 Å². The van der Waals surface area contributed by atoms with E-state index in [0.717, 1.165) is 31.7 Å². The molecule has 7 heteroatoms. The van der Waals surface area contributed by atoms with Gasteiger partial charge in [0.25, 0.3) is 0 Å². The highest BCUT2D eigenvalue weighted by molar-refractivity contribution is 5.77. The van der Waals surface area contributed by atoms with Gasteiger partial charge < -0.3 is 20.5 Å². The lowest BCUT2D eigenvalue weighted by Crippen LogP contribution is -2.53. The van der Waals surface area contributed by atoms with Crippen LogP contribution in [-0.4, -0.2) is 42.9 Å². The molecule has 1 aliphatic rings. The van der Waals surface area contributed by atoms with E-state index in [1.165, 1.54) is 29.7 Å². The number of rotatable bonds is 11. The third-order valence-corrected chi connectivity index (χ3v) is 7.26. The molecule has 1 aliphatic carbocycles. The summed E-state index contributed by atoms with van der Waals surface area (Å²) in [5.41, 5.74) is 2.55. The highest BCUT2D eigenvalue weighted by atomic mass is 19.1. The van der Waals surface area contributed by atoms with Crippen LogP contribution in [0.3, 0.4) is 0 Å². The Morgan fingerprint density at radius 1 is 1.08 bits per heavy atom. The van der Waals surface area contributed by atoms with E-state index in [2.05, 4.69) is 55.7 Å². The fraction of sp³-hybridized carbons (Fsp3) is 0.567. The van der Waals surface area contributed by atoms with Crippen LogP contribution in [0.5, 0.6) is 0 Å². The first-order valence-electron chi connectivity index (χ1n) is 13.4. The van der Waals surface area contributed by atoms with Crippen molar-refractivity contribution in [2.75, 3.05) is 19.8 Å². The number of aliphatic hydroxyl groups is 1. The summed E-state index contributed by atoms with van der Waals surface area (Å²) >= 11 is 0. The summed E-state index contributed by atoms with van der Waals surface area (Å²) in [6.07, 6.45) is 4.34. The molecule has 0 aromatic heterocycles. The van der Waals surface area contributed by atoms with E-state index in [0.29, 0.717) is 12.2 Å². The van der Waals surface area contributed by atoms with Gasteiger partial charge in [-0.05, 0) is 60.4 Å². The van der Waals surface area contributed by atoms with E-state index in [1.54, 1.807) is 6.92 Å². The molecule has 2 aromatic rings. The molecule has 1 fully saturated rings. The average Bonchev–Trinajstić information content (AvgIpc) is 2.85. The van der Waals surface area contributed by atoms with Gasteiger partial charge in [-0.3, -0.25) is 4.79 Å². The van der Waals surface area contributed by atoms with Crippen LogP contribution >= 0.6 is 0 Å². The number of amides is 1. The molecule has 0 bridgehead atoms. The maximum atomic E-state index is 13.8. The van der Waals surface area contributed by atoms with Gasteiger partial charge in [0.15, 0.2) is 0 Å². The van der Waals surface area contributed by atoms with Crippen LogP contribution in [0.25, 0.3) is 0 Å². The molecule has 2 aromatic carbocycles. The van der Waals surface area contributed by atoms with Crippen molar-refractivity contribution in [3.8, 4) is 0 Å². The van der Waals surface area contributed by atoms with Crippen molar-refractivity contribution in [3.63, 3.8) is 0 Å². The molecule has 0 saturated heterocycles. The Morgan fingerprint density at radius 2 is 1.76 bits per heavy atom. The van der Waals surface area contributed by atoms with Gasteiger partial charge >= 0.3 is 0 Å². The van der Waals surface area contributed by atoms with Crippen LogP contribution in [0, 0.1) is 11.6 Å². The number of carbonyl (C=O) groups excluding carboxylic acids is 1. The lowest BCUT2D eigenvalue weighted by Gasteiger charge is -2.41. The summed E-state index contributed by atoms with van der Waals surface area (Å²) in [5.74, 6) is -1.77. The molecule has 0 radical (unpaired) electrons. The van der Waals surface area contributed by atoms with Crippen molar-refractivity contribution in [1.29, 1.82) is 0 Å². The predicted octanol–water partition coefficient (Wildman–Crippen LogP) is 5.14. The Morgan fingerprint density at radius 3 is 2.38 bits per heavy atom. The Kier molecular flexibility index (Phi) is 10.2. The zero-order chi connectivity index (χ0) is 27.1. The predicted molar refractivity (Wildman–Crippen MR) is 142 cm³/mol. The summed E-state index contributed by atoms with van der Waals surface area (Å²) < 4.78 is 32.9. The second-order valence-corrected chi connectivity index (χ2v) is 11.2. The van der Waals surface area contributed by atoms with E-state index < -0.39 is 23.8 Å². The fourth-order valence-electron chi connectivity index (χ4n) is 5.16. The summed E-state index contributed by atoms with van der Waals surface area (Å²) in [6.45, 7) is 8.83. The molecule has 37 heavy (non-hydrogen) atoms. The molecular formula is C30H42F2N2O3. The average molecular weight is 517 g/mol. The van der Waals surface area contributed by atoms with Crippen molar-refractivity contribution in [2.24, 2.45) is 0 Å². The monoisotopic (exact) mass is 516 g/mol. The second-order valence-electron chi connectivity index (χ2n) is 11.2. The van der Waals surface area contributed by atoms with Gasteiger partial charge in [-0.1, -0.05) is 64.3 Å². The number of aliphatic hydroxyl groups excluding tert-OH is 1. The molecule has 1 saturated carbocycles. The van der Waals surface area contributed by atoms with Gasteiger partial charge in [-0.2, -0.15) is 0 Å². The van der Waals surface area contributed by atoms with Crippen molar-refractivity contribution in [2.45, 2.75) is 89.3 Å². The topological polar surface area (TPSA) is 70.6 Å². The minimum absolute atomic E-state index is 0.0154. The highest BCUT2D eigenvalue weighted by Gasteiger charge is 2.35. The molecule has 204 valence electrons. The van der Waals surface area contributed by atoms with Gasteiger partial charge in [0, 0.05) is 24.8 Å². The number of benzene rings is 2. The van der Waals surface area contributed by atoms with Gasteiger partial charge in [0.05, 0.1) is 12.1 Å². The first-order valence-corrected chi connectivity index (χ1v) is 13.4. The van der Waals surface area contributed by atoms with Crippen LogP contribution < -0.4 is 10.6 Å². The van der Waals surface area contributed by atoms with Crippen LogP contribution in [0.1, 0.15) is 76.5 Å². The molecule has 2 atom stereocenters. The largest absolute Gasteiger partial charge is 0.390 e. The SMILES string of the molecule is CCOCC(=O)NC(Cc1cc(F)cc(F)c1)C(O)CNC1(c2cccc(C(C)(C)C)c2)CCCCC1. The quantitative estimate of drug-likeness (QED) is 0.387. The molecule has 2 unspecified atom stereocenters. The first-order chi connectivity index (χ1) is 17.5. The molecular weight excluding hydrogens is 474 g/mol. The zero-order valence-electron chi connectivity index (χ0n) is 22.6. The summed E-state index contributed by atoms with van der Waals surface area (Å²) in [6, 6.07) is 11.2. The van der Waals surface area contributed by atoms with Crippen molar-refractivity contribution < 1.29 is 23.4 Å². The van der Waals surface area contributed by atoms with Crippen LogP contribution in [-0.2, 0) is 26.9 Å². The molecule has 3 N–H and O–H groups in total. The summed E-state index contributed by atoms with van der Waals surface area (Å²) in [4.78, 5) is 12.4. The molecule has 1 amide bonds. The number of hydrogen-bond acceptors (Lipinski definition) is 4. The van der Waals surface area contributed by atoms with Gasteiger partial charge in [0.2, 0.25) is 5.91 Å². The third-order valence-electron chi connectivity index (χ3n) is 7.26. The number of halogens is 2. The van der Waals surface area contributed by atoms with Gasteiger partial charge in [-0.15, -0.1) is 0 Å². The number of nitrogens with one attached hydrogen (secondary N) is 2. The molecule has 0 spiro atoms. The Hall–Kier alpha value is -2.35. The molecule has 3 rings (SSSR count). The normalized spacial score (nSPS) is 17.3. The van der Waals surface area contributed by atoms with Crippen molar-refractivity contribution in [1.82, 2.24) is 10.6 Å². The Labute approximate surface area is 220 Å². The smallest absolute Gasteiger partial charge is 0.246 e. The number of carbonyl (C=O) groups is 1. The number of hydrogen-bond donors (Lipinski definition) is 3. The van der Waals surface area contributed by atoms with E-state index >= 15 is 0 Å². The fourth-order valence-corrected chi connectivity index (χ4v) is 5.16. The van der Waals surface area contributed by atoms with Crippen LogP contribution in [0.2, 0.25) is 0 Å². The van der Waals surface area contributed by atoms with Gasteiger partial charge in [-0.25, -0.2) is 8.78 Å². The Balaban J connectivity index is 1.81. The van der Waals surface area contributed by atoms with E-state index in [9.17, 15) is 18.7 Å². The lowest BCUT2D eigenvalue weighted by molar-refractivity contribution is -0.127. The van der Waals surface area contributed by atoms with Crippen LogP contribution in [0.15, 0.2) is 42.5 Å². The molecule has 0 heterocycles. The van der Waals surface area contributed by atoms with E-state index in [-0.39, 0.29) is 36.4 Å². The maximum Gasteiger partial charge on any atom is 0.246 e. The summed E-state index contributed by atoms with van der Waals surface area (Å²) in [7, 11) is 0. The van der Waals surface area contributed by atoms with E-state index in [1.807, 2.05) is 0 Å².